The fourth-order valence-electron chi connectivity index (χ4n) is 3.88. The zero-order chi connectivity index (χ0) is 16.8. The van der Waals surface area contributed by atoms with Gasteiger partial charge in [-0.2, -0.15) is 0 Å². The van der Waals surface area contributed by atoms with Gasteiger partial charge in [-0.3, -0.25) is 4.79 Å². The summed E-state index contributed by atoms with van der Waals surface area (Å²) in [6.45, 7) is 0.711. The van der Waals surface area contributed by atoms with Crippen molar-refractivity contribution in [3.63, 3.8) is 0 Å². The highest BCUT2D eigenvalue weighted by atomic mass is 16.5. The molecule has 0 aliphatic carbocycles. The SMILES string of the molecule is O=C(O)CCCC=CC[C@@H]1[C@@H](COc2ccccc2)[C@@H]2CC[C@H]1O2. The third kappa shape index (κ3) is 4.38. The van der Waals surface area contributed by atoms with E-state index in [1.165, 1.54) is 0 Å². The standard InChI is InChI=1S/C20H26O4/c21-20(22)11-7-2-1-6-10-16-17(19-13-12-18(16)24-19)14-23-15-8-4-3-5-9-15/h1,3-6,8-9,16-19H,2,7,10-14H2,(H,21,22)/t16-,17-,18-,19+/m1/s1. The summed E-state index contributed by atoms with van der Waals surface area (Å²) < 4.78 is 12.1. The van der Waals surface area contributed by atoms with Gasteiger partial charge in [0.2, 0.25) is 0 Å². The highest BCUT2D eigenvalue weighted by molar-refractivity contribution is 5.66. The molecule has 24 heavy (non-hydrogen) atoms. The molecule has 2 heterocycles. The predicted molar refractivity (Wildman–Crippen MR) is 92.1 cm³/mol. The number of carboxylic acids is 1. The lowest BCUT2D eigenvalue weighted by Crippen LogP contribution is -2.31. The van der Waals surface area contributed by atoms with Gasteiger partial charge in [0, 0.05) is 12.3 Å². The second-order valence-corrected chi connectivity index (χ2v) is 6.74. The van der Waals surface area contributed by atoms with Crippen LogP contribution in [0.15, 0.2) is 42.5 Å². The van der Waals surface area contributed by atoms with E-state index in [9.17, 15) is 4.79 Å². The maximum Gasteiger partial charge on any atom is 0.303 e. The molecule has 3 rings (SSSR count). The van der Waals surface area contributed by atoms with E-state index in [0.717, 1.165) is 31.4 Å². The minimum atomic E-state index is -0.719. The molecule has 2 fully saturated rings. The number of rotatable bonds is 9. The first-order valence-corrected chi connectivity index (χ1v) is 8.94. The molecule has 1 aromatic rings. The number of benzene rings is 1. The molecule has 2 saturated heterocycles. The van der Waals surface area contributed by atoms with Crippen LogP contribution >= 0.6 is 0 Å². The average molecular weight is 330 g/mol. The van der Waals surface area contributed by atoms with Gasteiger partial charge >= 0.3 is 5.97 Å². The molecule has 4 atom stereocenters. The Bertz CT molecular complexity index is 554. The highest BCUT2D eigenvalue weighted by Crippen LogP contribution is 2.45. The molecular formula is C20H26O4. The van der Waals surface area contributed by atoms with E-state index < -0.39 is 5.97 Å². The summed E-state index contributed by atoms with van der Waals surface area (Å²) in [6, 6.07) is 9.95. The van der Waals surface area contributed by atoms with Gasteiger partial charge in [0.05, 0.1) is 18.8 Å². The van der Waals surface area contributed by atoms with Gasteiger partial charge in [0.1, 0.15) is 5.75 Å². The van der Waals surface area contributed by atoms with Crippen molar-refractivity contribution in [3.8, 4) is 5.75 Å². The number of fused-ring (bicyclic) bond motifs is 2. The maximum absolute atomic E-state index is 10.5. The third-order valence-electron chi connectivity index (χ3n) is 5.11. The number of allylic oxidation sites excluding steroid dienone is 2. The van der Waals surface area contributed by atoms with Crippen LogP contribution in [0.1, 0.15) is 38.5 Å². The Morgan fingerprint density at radius 3 is 2.67 bits per heavy atom. The molecule has 0 unspecified atom stereocenters. The van der Waals surface area contributed by atoms with Gasteiger partial charge in [-0.1, -0.05) is 30.4 Å². The minimum Gasteiger partial charge on any atom is -0.493 e. The number of ether oxygens (including phenoxy) is 2. The molecule has 2 bridgehead atoms. The topological polar surface area (TPSA) is 55.8 Å². The first-order valence-electron chi connectivity index (χ1n) is 8.94. The number of hydrogen-bond donors (Lipinski definition) is 1. The summed E-state index contributed by atoms with van der Waals surface area (Å²) in [5.74, 6) is 1.17. The monoisotopic (exact) mass is 330 g/mol. The van der Waals surface area contributed by atoms with Gasteiger partial charge in [-0.05, 0) is 50.2 Å². The zero-order valence-corrected chi connectivity index (χ0v) is 14.0. The molecule has 1 N–H and O–H groups in total. The molecule has 4 heteroatoms. The molecule has 2 aliphatic heterocycles. The van der Waals surface area contributed by atoms with Gasteiger partial charge in [0.25, 0.3) is 0 Å². The number of hydrogen-bond acceptors (Lipinski definition) is 3. The quantitative estimate of drug-likeness (QED) is 0.548. The second-order valence-electron chi connectivity index (χ2n) is 6.74. The van der Waals surface area contributed by atoms with E-state index in [2.05, 4.69) is 12.2 Å². The van der Waals surface area contributed by atoms with Gasteiger partial charge in [0.15, 0.2) is 0 Å². The van der Waals surface area contributed by atoms with Crippen LogP contribution in [0.5, 0.6) is 5.75 Å². The van der Waals surface area contributed by atoms with Crippen molar-refractivity contribution < 1.29 is 19.4 Å². The number of para-hydroxylation sites is 1. The molecule has 0 saturated carbocycles. The molecule has 1 aromatic carbocycles. The first-order chi connectivity index (χ1) is 11.7. The van der Waals surface area contributed by atoms with Crippen molar-refractivity contribution in [2.45, 2.75) is 50.7 Å². The number of carbonyl (C=O) groups is 1. The smallest absolute Gasteiger partial charge is 0.303 e. The molecule has 2 aliphatic rings. The van der Waals surface area contributed by atoms with Crippen molar-refractivity contribution in [1.82, 2.24) is 0 Å². The van der Waals surface area contributed by atoms with Crippen molar-refractivity contribution in [2.75, 3.05) is 6.61 Å². The number of unbranched alkanes of at least 4 members (excludes halogenated alkanes) is 1. The summed E-state index contributed by atoms with van der Waals surface area (Å²) >= 11 is 0. The van der Waals surface area contributed by atoms with E-state index in [4.69, 9.17) is 14.6 Å². The number of aliphatic carboxylic acids is 1. The zero-order valence-electron chi connectivity index (χ0n) is 14.0. The second kappa shape index (κ2) is 8.34. The van der Waals surface area contributed by atoms with Crippen molar-refractivity contribution in [1.29, 1.82) is 0 Å². The summed E-state index contributed by atoms with van der Waals surface area (Å²) in [4.78, 5) is 10.5. The maximum atomic E-state index is 10.5. The van der Waals surface area contributed by atoms with Crippen LogP contribution in [0.25, 0.3) is 0 Å². The summed E-state index contributed by atoms with van der Waals surface area (Å²) in [5.41, 5.74) is 0. The van der Waals surface area contributed by atoms with Crippen molar-refractivity contribution in [2.24, 2.45) is 11.8 Å². The van der Waals surface area contributed by atoms with E-state index in [1.54, 1.807) is 0 Å². The summed E-state index contributed by atoms with van der Waals surface area (Å²) in [5, 5.41) is 8.65. The van der Waals surface area contributed by atoms with Crippen molar-refractivity contribution >= 4 is 5.97 Å². The molecular weight excluding hydrogens is 304 g/mol. The Labute approximate surface area is 143 Å². The predicted octanol–water partition coefficient (Wildman–Crippen LogP) is 4.06. The van der Waals surface area contributed by atoms with Crippen LogP contribution in [0.2, 0.25) is 0 Å². The fraction of sp³-hybridized carbons (Fsp3) is 0.550. The summed E-state index contributed by atoms with van der Waals surface area (Å²) in [6.07, 6.45) is 10.1. The average Bonchev–Trinajstić information content (AvgIpc) is 3.18. The largest absolute Gasteiger partial charge is 0.493 e. The lowest BCUT2D eigenvalue weighted by atomic mass is 9.78. The molecule has 0 spiro atoms. The normalized spacial score (nSPS) is 28.5. The third-order valence-corrected chi connectivity index (χ3v) is 5.11. The van der Waals surface area contributed by atoms with E-state index >= 15 is 0 Å². The Morgan fingerprint density at radius 1 is 1.17 bits per heavy atom. The molecule has 0 aromatic heterocycles. The minimum absolute atomic E-state index is 0.245. The summed E-state index contributed by atoms with van der Waals surface area (Å²) in [7, 11) is 0. The Morgan fingerprint density at radius 2 is 1.92 bits per heavy atom. The van der Waals surface area contributed by atoms with E-state index in [1.807, 2.05) is 30.3 Å². The van der Waals surface area contributed by atoms with Crippen LogP contribution in [-0.2, 0) is 9.53 Å². The molecule has 4 nitrogen and oxygen atoms in total. The Kier molecular flexibility index (Phi) is 5.91. The van der Waals surface area contributed by atoms with Crippen LogP contribution in [-0.4, -0.2) is 29.9 Å². The van der Waals surface area contributed by atoms with Crippen LogP contribution in [0.4, 0.5) is 0 Å². The number of carboxylic acid groups (broad SMARTS) is 1. The lowest BCUT2D eigenvalue weighted by Gasteiger charge is -2.27. The molecule has 0 radical (unpaired) electrons. The molecule has 0 amide bonds. The first kappa shape index (κ1) is 17.0. The highest BCUT2D eigenvalue weighted by Gasteiger charge is 2.48. The van der Waals surface area contributed by atoms with Crippen LogP contribution < -0.4 is 4.74 Å². The Balaban J connectivity index is 1.47. The van der Waals surface area contributed by atoms with Crippen molar-refractivity contribution in [3.05, 3.63) is 42.5 Å². The van der Waals surface area contributed by atoms with E-state index in [-0.39, 0.29) is 6.42 Å². The fourth-order valence-corrected chi connectivity index (χ4v) is 3.88. The van der Waals surface area contributed by atoms with Gasteiger partial charge < -0.3 is 14.6 Å². The van der Waals surface area contributed by atoms with Crippen LogP contribution in [0, 0.1) is 11.8 Å². The van der Waals surface area contributed by atoms with Crippen LogP contribution in [0.3, 0.4) is 0 Å². The van der Waals surface area contributed by atoms with Gasteiger partial charge in [-0.15, -0.1) is 0 Å². The van der Waals surface area contributed by atoms with Gasteiger partial charge in [-0.25, -0.2) is 0 Å². The Hall–Kier alpha value is -1.81. The van der Waals surface area contributed by atoms with E-state index in [0.29, 0.717) is 37.1 Å². The lowest BCUT2D eigenvalue weighted by molar-refractivity contribution is -0.137. The molecule has 130 valence electrons.